The molecular formula is C20H14ClNOS2. The number of aliphatic hydroxyl groups excluding tert-OH is 1. The second kappa shape index (κ2) is 7.10. The number of halogens is 1. The molecule has 2 nitrogen and oxygen atoms in total. The van der Waals surface area contributed by atoms with E-state index in [-0.39, 0.29) is 0 Å². The van der Waals surface area contributed by atoms with E-state index in [1.807, 2.05) is 42.5 Å². The predicted octanol–water partition coefficient (Wildman–Crippen LogP) is 6.27. The highest BCUT2D eigenvalue weighted by Gasteiger charge is 2.23. The molecule has 0 spiro atoms. The van der Waals surface area contributed by atoms with Gasteiger partial charge in [0.15, 0.2) is 0 Å². The number of nitrogens with zero attached hydrogens (tertiary/aromatic N) is 1. The summed E-state index contributed by atoms with van der Waals surface area (Å²) >= 11 is 9.34. The topological polar surface area (TPSA) is 33.1 Å². The first-order valence-corrected chi connectivity index (χ1v) is 9.87. The van der Waals surface area contributed by atoms with E-state index in [1.54, 1.807) is 35.1 Å². The highest BCUT2D eigenvalue weighted by atomic mass is 35.5. The molecule has 0 aliphatic rings. The van der Waals surface area contributed by atoms with Crippen molar-refractivity contribution in [1.29, 1.82) is 0 Å². The number of benzene rings is 1. The fraction of sp³-hybridized carbons (Fsp3) is 0.0500. The first-order chi connectivity index (χ1) is 12.2. The molecule has 0 bridgehead atoms. The molecule has 3 aromatic heterocycles. The fourth-order valence-corrected chi connectivity index (χ4v) is 4.86. The Bertz CT molecular complexity index is 963. The van der Waals surface area contributed by atoms with Crippen LogP contribution in [0.3, 0.4) is 0 Å². The van der Waals surface area contributed by atoms with Gasteiger partial charge in [0.25, 0.3) is 0 Å². The van der Waals surface area contributed by atoms with Crippen LogP contribution in [0.25, 0.3) is 20.9 Å². The minimum absolute atomic E-state index is 0.702. The average Bonchev–Trinajstić information content (AvgIpc) is 3.32. The van der Waals surface area contributed by atoms with Crippen LogP contribution in [0, 0.1) is 0 Å². The summed E-state index contributed by atoms with van der Waals surface area (Å²) in [5.74, 6) is 0. The van der Waals surface area contributed by atoms with Crippen LogP contribution in [-0.2, 0) is 0 Å². The Labute approximate surface area is 159 Å². The molecule has 1 unspecified atom stereocenters. The van der Waals surface area contributed by atoms with Crippen LogP contribution in [0.4, 0.5) is 0 Å². The molecule has 4 rings (SSSR count). The van der Waals surface area contributed by atoms with Gasteiger partial charge in [-0.1, -0.05) is 35.9 Å². The SMILES string of the molecule is OC(c1cccnc1)c1c(-c2cccs2)csc1-c1ccc(Cl)cc1. The van der Waals surface area contributed by atoms with Gasteiger partial charge >= 0.3 is 0 Å². The lowest BCUT2D eigenvalue weighted by Gasteiger charge is -2.15. The zero-order valence-electron chi connectivity index (χ0n) is 13.1. The van der Waals surface area contributed by atoms with E-state index >= 15 is 0 Å². The van der Waals surface area contributed by atoms with E-state index in [9.17, 15) is 5.11 Å². The van der Waals surface area contributed by atoms with E-state index in [0.29, 0.717) is 5.02 Å². The van der Waals surface area contributed by atoms with Gasteiger partial charge in [0.1, 0.15) is 6.10 Å². The van der Waals surface area contributed by atoms with Gasteiger partial charge in [0, 0.05) is 49.2 Å². The van der Waals surface area contributed by atoms with Gasteiger partial charge < -0.3 is 5.11 Å². The second-order valence-corrected chi connectivity index (χ2v) is 7.83. The third kappa shape index (κ3) is 3.26. The minimum atomic E-state index is -0.734. The number of pyridine rings is 1. The van der Waals surface area contributed by atoms with Crippen LogP contribution in [0.15, 0.2) is 71.7 Å². The molecule has 1 N–H and O–H groups in total. The molecule has 0 radical (unpaired) electrons. The highest BCUT2D eigenvalue weighted by Crippen LogP contribution is 2.44. The van der Waals surface area contributed by atoms with E-state index in [1.165, 1.54) is 0 Å². The maximum atomic E-state index is 11.1. The van der Waals surface area contributed by atoms with Crippen LogP contribution in [-0.4, -0.2) is 10.1 Å². The molecule has 0 amide bonds. The Morgan fingerprint density at radius 3 is 2.52 bits per heavy atom. The van der Waals surface area contributed by atoms with Crippen LogP contribution >= 0.6 is 34.3 Å². The summed E-state index contributed by atoms with van der Waals surface area (Å²) in [5.41, 5.74) is 3.83. The summed E-state index contributed by atoms with van der Waals surface area (Å²) in [6.45, 7) is 0. The molecular weight excluding hydrogens is 370 g/mol. The normalized spacial score (nSPS) is 12.2. The van der Waals surface area contributed by atoms with Crippen molar-refractivity contribution in [3.8, 4) is 20.9 Å². The maximum Gasteiger partial charge on any atom is 0.108 e. The standard InChI is InChI=1S/C20H14ClNOS2/c21-15-7-5-13(6-8-15)20-18(19(23)14-3-1-9-22-11-14)16(12-25-20)17-4-2-10-24-17/h1-12,19,23H. The third-order valence-corrected chi connectivity index (χ3v) is 6.20. The van der Waals surface area contributed by atoms with Gasteiger partial charge in [-0.25, -0.2) is 0 Å². The Morgan fingerprint density at radius 1 is 1.00 bits per heavy atom. The van der Waals surface area contributed by atoms with E-state index in [2.05, 4.69) is 21.8 Å². The Balaban J connectivity index is 1.89. The van der Waals surface area contributed by atoms with Crippen molar-refractivity contribution >= 4 is 34.3 Å². The molecule has 0 fully saturated rings. The molecule has 5 heteroatoms. The van der Waals surface area contributed by atoms with Crippen LogP contribution in [0.2, 0.25) is 5.02 Å². The zero-order chi connectivity index (χ0) is 17.2. The zero-order valence-corrected chi connectivity index (χ0v) is 15.5. The van der Waals surface area contributed by atoms with Crippen LogP contribution in [0.1, 0.15) is 17.2 Å². The van der Waals surface area contributed by atoms with Gasteiger partial charge in [-0.15, -0.1) is 22.7 Å². The van der Waals surface area contributed by atoms with Gasteiger partial charge in [0.05, 0.1) is 0 Å². The predicted molar refractivity (Wildman–Crippen MR) is 106 cm³/mol. The summed E-state index contributed by atoms with van der Waals surface area (Å²) in [6.07, 6.45) is 2.69. The number of hydrogen-bond acceptors (Lipinski definition) is 4. The molecule has 3 heterocycles. The fourth-order valence-electron chi connectivity index (χ4n) is 2.79. The van der Waals surface area contributed by atoms with Crippen molar-refractivity contribution in [3.63, 3.8) is 0 Å². The van der Waals surface area contributed by atoms with E-state index < -0.39 is 6.10 Å². The van der Waals surface area contributed by atoms with Gasteiger partial charge in [0.2, 0.25) is 0 Å². The lowest BCUT2D eigenvalue weighted by atomic mass is 9.96. The van der Waals surface area contributed by atoms with Gasteiger partial charge in [-0.2, -0.15) is 0 Å². The number of aliphatic hydroxyl groups is 1. The quantitative estimate of drug-likeness (QED) is 0.450. The summed E-state index contributed by atoms with van der Waals surface area (Å²) in [4.78, 5) is 6.35. The van der Waals surface area contributed by atoms with E-state index in [0.717, 1.165) is 32.0 Å². The van der Waals surface area contributed by atoms with Crippen molar-refractivity contribution in [2.45, 2.75) is 6.10 Å². The van der Waals surface area contributed by atoms with Crippen LogP contribution in [0.5, 0.6) is 0 Å². The molecule has 124 valence electrons. The number of thiophene rings is 2. The molecule has 0 aliphatic carbocycles. The van der Waals surface area contributed by atoms with Crippen molar-refractivity contribution in [2.24, 2.45) is 0 Å². The lowest BCUT2D eigenvalue weighted by molar-refractivity contribution is 0.221. The summed E-state index contributed by atoms with van der Waals surface area (Å²) in [6, 6.07) is 15.6. The Hall–Kier alpha value is -1.98. The number of rotatable bonds is 4. The van der Waals surface area contributed by atoms with Crippen molar-refractivity contribution < 1.29 is 5.11 Å². The smallest absolute Gasteiger partial charge is 0.108 e. The molecule has 4 aromatic rings. The van der Waals surface area contributed by atoms with Crippen molar-refractivity contribution in [3.05, 3.63) is 87.8 Å². The molecule has 0 saturated carbocycles. The van der Waals surface area contributed by atoms with Gasteiger partial charge in [-0.05, 0) is 35.2 Å². The van der Waals surface area contributed by atoms with Gasteiger partial charge in [-0.3, -0.25) is 4.98 Å². The van der Waals surface area contributed by atoms with Crippen LogP contribution < -0.4 is 0 Å². The highest BCUT2D eigenvalue weighted by molar-refractivity contribution is 7.16. The molecule has 0 aliphatic heterocycles. The molecule has 25 heavy (non-hydrogen) atoms. The minimum Gasteiger partial charge on any atom is -0.384 e. The number of aromatic nitrogens is 1. The average molecular weight is 384 g/mol. The van der Waals surface area contributed by atoms with Crippen molar-refractivity contribution in [1.82, 2.24) is 4.98 Å². The summed E-state index contributed by atoms with van der Waals surface area (Å²) < 4.78 is 0. The molecule has 0 saturated heterocycles. The van der Waals surface area contributed by atoms with Crippen molar-refractivity contribution in [2.75, 3.05) is 0 Å². The summed E-state index contributed by atoms with van der Waals surface area (Å²) in [5, 5.41) is 16.0. The Kier molecular flexibility index (Phi) is 4.68. The maximum absolute atomic E-state index is 11.1. The number of hydrogen-bond donors (Lipinski definition) is 1. The Morgan fingerprint density at radius 2 is 1.84 bits per heavy atom. The first-order valence-electron chi connectivity index (χ1n) is 7.73. The third-order valence-electron chi connectivity index (χ3n) is 4.00. The lowest BCUT2D eigenvalue weighted by Crippen LogP contribution is -2.01. The first kappa shape index (κ1) is 16.5. The summed E-state index contributed by atoms with van der Waals surface area (Å²) in [7, 11) is 0. The van der Waals surface area contributed by atoms with E-state index in [4.69, 9.17) is 11.6 Å². The molecule has 1 atom stereocenters. The molecule has 1 aromatic carbocycles. The largest absolute Gasteiger partial charge is 0.384 e. The second-order valence-electron chi connectivity index (χ2n) is 5.57. The monoisotopic (exact) mass is 383 g/mol.